The first-order valence-electron chi connectivity index (χ1n) is 5.04. The summed E-state index contributed by atoms with van der Waals surface area (Å²) in [6, 6.07) is 5.97. The van der Waals surface area contributed by atoms with Crippen LogP contribution in [0.4, 0.5) is 13.2 Å². The number of alkyl halides is 3. The number of aryl methyl sites for hydroxylation is 1. The molecule has 17 heavy (non-hydrogen) atoms. The van der Waals surface area contributed by atoms with E-state index in [9.17, 15) is 13.2 Å². The quantitative estimate of drug-likeness (QED) is 0.565. The molecule has 0 aliphatic heterocycles. The lowest BCUT2D eigenvalue weighted by atomic mass is 10.2. The predicted octanol–water partition coefficient (Wildman–Crippen LogP) is 4.05. The van der Waals surface area contributed by atoms with E-state index < -0.39 is 6.36 Å². The van der Waals surface area contributed by atoms with Gasteiger partial charge in [0.05, 0.1) is 0 Å². The molecule has 0 amide bonds. The van der Waals surface area contributed by atoms with Gasteiger partial charge in [-0.05, 0) is 29.9 Å². The summed E-state index contributed by atoms with van der Waals surface area (Å²) in [6.07, 6.45) is -1.98. The summed E-state index contributed by atoms with van der Waals surface area (Å²) in [5.41, 5.74) is 0.996. The molecular weight excluding hydrogens is 249 g/mol. The zero-order valence-corrected chi connectivity index (χ0v) is 9.98. The van der Waals surface area contributed by atoms with Crippen molar-refractivity contribution in [3.63, 3.8) is 0 Å². The van der Waals surface area contributed by atoms with Crippen molar-refractivity contribution in [2.75, 3.05) is 11.5 Å². The molecule has 1 rings (SSSR count). The van der Waals surface area contributed by atoms with Crippen molar-refractivity contribution in [3.8, 4) is 5.75 Å². The van der Waals surface area contributed by atoms with Crippen LogP contribution in [0.25, 0.3) is 0 Å². The fourth-order valence-corrected chi connectivity index (χ4v) is 1.93. The topological polar surface area (TPSA) is 9.23 Å². The van der Waals surface area contributed by atoms with E-state index in [0.29, 0.717) is 0 Å². The Balaban J connectivity index is 2.42. The molecule has 5 heteroatoms. The van der Waals surface area contributed by atoms with Crippen LogP contribution in [0.15, 0.2) is 36.9 Å². The lowest BCUT2D eigenvalue weighted by molar-refractivity contribution is -0.274. The first-order valence-corrected chi connectivity index (χ1v) is 6.20. The van der Waals surface area contributed by atoms with Crippen molar-refractivity contribution in [1.29, 1.82) is 0 Å². The van der Waals surface area contributed by atoms with E-state index in [4.69, 9.17) is 0 Å². The summed E-state index contributed by atoms with van der Waals surface area (Å²) in [5, 5.41) is 0. The molecule has 0 unspecified atom stereocenters. The first kappa shape index (κ1) is 14.0. The summed E-state index contributed by atoms with van der Waals surface area (Å²) >= 11 is 1.73. The highest BCUT2D eigenvalue weighted by atomic mass is 32.2. The third-order valence-corrected chi connectivity index (χ3v) is 2.89. The Bertz CT molecular complexity index is 346. The second-order valence-corrected chi connectivity index (χ2v) is 4.46. The molecule has 0 fully saturated rings. The Morgan fingerprint density at radius 2 is 1.88 bits per heavy atom. The molecular formula is C12H13F3OS. The van der Waals surface area contributed by atoms with E-state index in [1.165, 1.54) is 12.1 Å². The van der Waals surface area contributed by atoms with Gasteiger partial charge in [0.25, 0.3) is 0 Å². The maximum absolute atomic E-state index is 11.9. The number of hydrogen-bond acceptors (Lipinski definition) is 2. The molecule has 1 aromatic carbocycles. The summed E-state index contributed by atoms with van der Waals surface area (Å²) in [5.74, 6) is 1.63. The van der Waals surface area contributed by atoms with Gasteiger partial charge in [0, 0.05) is 5.75 Å². The zero-order valence-electron chi connectivity index (χ0n) is 9.17. The molecule has 0 bridgehead atoms. The van der Waals surface area contributed by atoms with E-state index in [1.807, 2.05) is 6.08 Å². The smallest absolute Gasteiger partial charge is 0.406 e. The first-order chi connectivity index (χ1) is 8.01. The average molecular weight is 262 g/mol. The Morgan fingerprint density at radius 1 is 1.24 bits per heavy atom. The van der Waals surface area contributed by atoms with Crippen LogP contribution >= 0.6 is 11.8 Å². The van der Waals surface area contributed by atoms with Crippen molar-refractivity contribution in [1.82, 2.24) is 0 Å². The zero-order chi connectivity index (χ0) is 12.7. The van der Waals surface area contributed by atoms with Gasteiger partial charge in [-0.1, -0.05) is 18.2 Å². The van der Waals surface area contributed by atoms with E-state index >= 15 is 0 Å². The number of benzene rings is 1. The van der Waals surface area contributed by atoms with Gasteiger partial charge in [-0.15, -0.1) is 19.8 Å². The molecule has 1 aromatic rings. The van der Waals surface area contributed by atoms with E-state index in [1.54, 1.807) is 23.9 Å². The Hall–Kier alpha value is -1.10. The molecule has 94 valence electrons. The summed E-state index contributed by atoms with van der Waals surface area (Å²) < 4.78 is 39.5. The van der Waals surface area contributed by atoms with E-state index in [2.05, 4.69) is 11.3 Å². The van der Waals surface area contributed by atoms with Crippen molar-refractivity contribution in [3.05, 3.63) is 42.5 Å². The van der Waals surface area contributed by atoms with Gasteiger partial charge in [-0.3, -0.25) is 0 Å². The van der Waals surface area contributed by atoms with Crippen molar-refractivity contribution in [2.24, 2.45) is 0 Å². The molecule has 0 radical (unpaired) electrons. The normalized spacial score (nSPS) is 11.2. The van der Waals surface area contributed by atoms with Crippen LogP contribution in [-0.2, 0) is 6.42 Å². The number of thioether (sulfide) groups is 1. The van der Waals surface area contributed by atoms with Crippen molar-refractivity contribution in [2.45, 2.75) is 12.8 Å². The molecule has 0 saturated heterocycles. The van der Waals surface area contributed by atoms with Gasteiger partial charge in [-0.2, -0.15) is 11.8 Å². The summed E-state index contributed by atoms with van der Waals surface area (Å²) in [4.78, 5) is 0. The molecule has 0 saturated carbocycles. The monoisotopic (exact) mass is 262 g/mol. The van der Waals surface area contributed by atoms with Crippen LogP contribution in [0.1, 0.15) is 5.56 Å². The highest BCUT2D eigenvalue weighted by Crippen LogP contribution is 2.23. The minimum Gasteiger partial charge on any atom is -0.406 e. The largest absolute Gasteiger partial charge is 0.573 e. The molecule has 0 N–H and O–H groups in total. The fourth-order valence-electron chi connectivity index (χ4n) is 1.21. The summed E-state index contributed by atoms with van der Waals surface area (Å²) in [6.45, 7) is 3.61. The standard InChI is InChI=1S/C12H13F3OS/c1-2-8-17-9-7-10-3-5-11(6-4-10)16-12(13,14)15/h2-6H,1,7-9H2. The molecule has 0 spiro atoms. The molecule has 0 aromatic heterocycles. The van der Waals surface area contributed by atoms with E-state index in [0.717, 1.165) is 23.5 Å². The highest BCUT2D eigenvalue weighted by molar-refractivity contribution is 7.99. The second-order valence-electron chi connectivity index (χ2n) is 3.31. The maximum atomic E-state index is 11.9. The summed E-state index contributed by atoms with van der Waals surface area (Å²) in [7, 11) is 0. The van der Waals surface area contributed by atoms with Gasteiger partial charge in [0.15, 0.2) is 0 Å². The predicted molar refractivity (Wildman–Crippen MR) is 64.4 cm³/mol. The number of hydrogen-bond donors (Lipinski definition) is 0. The number of rotatable bonds is 6. The van der Waals surface area contributed by atoms with Gasteiger partial charge in [-0.25, -0.2) is 0 Å². The van der Waals surface area contributed by atoms with Crippen LogP contribution in [-0.4, -0.2) is 17.9 Å². The van der Waals surface area contributed by atoms with Gasteiger partial charge in [0.1, 0.15) is 5.75 Å². The van der Waals surface area contributed by atoms with Gasteiger partial charge in [0.2, 0.25) is 0 Å². The van der Waals surface area contributed by atoms with Crippen LogP contribution < -0.4 is 4.74 Å². The fraction of sp³-hybridized carbons (Fsp3) is 0.333. The SMILES string of the molecule is C=CCSCCc1ccc(OC(F)(F)F)cc1. The molecule has 0 aliphatic carbocycles. The molecule has 1 nitrogen and oxygen atoms in total. The lowest BCUT2D eigenvalue weighted by Crippen LogP contribution is -2.17. The maximum Gasteiger partial charge on any atom is 0.573 e. The third-order valence-electron chi connectivity index (χ3n) is 1.93. The van der Waals surface area contributed by atoms with Crippen molar-refractivity contribution < 1.29 is 17.9 Å². The van der Waals surface area contributed by atoms with Crippen molar-refractivity contribution >= 4 is 11.8 Å². The van der Waals surface area contributed by atoms with Gasteiger partial charge < -0.3 is 4.74 Å². The second kappa shape index (κ2) is 6.59. The Labute approximate surface area is 103 Å². The third kappa shape index (κ3) is 6.26. The average Bonchev–Trinajstić information content (AvgIpc) is 2.25. The minimum atomic E-state index is -4.62. The van der Waals surface area contributed by atoms with Crippen LogP contribution in [0.2, 0.25) is 0 Å². The Kier molecular flexibility index (Phi) is 5.41. The number of halogens is 3. The lowest BCUT2D eigenvalue weighted by Gasteiger charge is -2.09. The van der Waals surface area contributed by atoms with Gasteiger partial charge >= 0.3 is 6.36 Å². The number of ether oxygens (including phenoxy) is 1. The van der Waals surface area contributed by atoms with Crippen LogP contribution in [0.5, 0.6) is 5.75 Å². The highest BCUT2D eigenvalue weighted by Gasteiger charge is 2.30. The van der Waals surface area contributed by atoms with Crippen LogP contribution in [0, 0.1) is 0 Å². The van der Waals surface area contributed by atoms with Crippen LogP contribution in [0.3, 0.4) is 0 Å². The minimum absolute atomic E-state index is 0.181. The molecule has 0 atom stereocenters. The molecule has 0 heterocycles. The Morgan fingerprint density at radius 3 is 2.41 bits per heavy atom. The molecule has 0 aliphatic rings. The van der Waals surface area contributed by atoms with E-state index in [-0.39, 0.29) is 5.75 Å².